The van der Waals surface area contributed by atoms with E-state index in [9.17, 15) is 4.39 Å². The van der Waals surface area contributed by atoms with Crippen molar-refractivity contribution in [2.75, 3.05) is 12.3 Å². The predicted octanol–water partition coefficient (Wildman–Crippen LogP) is 2.66. The number of rotatable bonds is 4. The van der Waals surface area contributed by atoms with Gasteiger partial charge in [-0.05, 0) is 49.8 Å². The van der Waals surface area contributed by atoms with Gasteiger partial charge in [-0.2, -0.15) is 10.1 Å². The van der Waals surface area contributed by atoms with Crippen molar-refractivity contribution in [3.8, 4) is 17.0 Å². The molecule has 2 bridgehead atoms. The number of nitrogen functional groups attached to an aromatic ring is 1. The normalized spacial score (nSPS) is 24.0. The minimum Gasteiger partial charge on any atom is -0.490 e. The maximum Gasteiger partial charge on any atom is 0.222 e. The zero-order valence-electron chi connectivity index (χ0n) is 15.7. The van der Waals surface area contributed by atoms with Gasteiger partial charge in [-0.3, -0.25) is 0 Å². The van der Waals surface area contributed by atoms with E-state index < -0.39 is 0 Å². The van der Waals surface area contributed by atoms with Crippen molar-refractivity contribution in [3.63, 3.8) is 0 Å². The summed E-state index contributed by atoms with van der Waals surface area (Å²) in [4.78, 5) is 8.24. The standard InChI is InChI=1S/C20H23FN6O/c1-27-19-15(9-23-20(22)25-19)18(26-27)12-2-5-17(16(21)8-12)28-10-11-6-13-3-4-14(7-11)24-13/h2,5,8-9,11,13-14,24H,3-4,6-7,10H2,1H3,(H2,22,23,25)/t11?,13-,14+. The van der Waals surface area contributed by atoms with E-state index in [1.54, 1.807) is 24.0 Å². The molecule has 8 heteroatoms. The van der Waals surface area contributed by atoms with Crippen molar-refractivity contribution in [1.29, 1.82) is 0 Å². The van der Waals surface area contributed by atoms with Gasteiger partial charge in [0.2, 0.25) is 5.95 Å². The molecule has 5 rings (SSSR count). The number of benzene rings is 1. The Bertz CT molecular complexity index is 1020. The minimum atomic E-state index is -0.385. The van der Waals surface area contributed by atoms with Gasteiger partial charge in [-0.25, -0.2) is 14.1 Å². The van der Waals surface area contributed by atoms with E-state index in [1.807, 2.05) is 6.07 Å². The van der Waals surface area contributed by atoms with Crippen LogP contribution in [0.2, 0.25) is 0 Å². The molecule has 2 aromatic heterocycles. The molecule has 2 aliphatic rings. The van der Waals surface area contributed by atoms with Gasteiger partial charge in [0.15, 0.2) is 17.2 Å². The molecular weight excluding hydrogens is 359 g/mol. The Morgan fingerprint density at radius 1 is 1.29 bits per heavy atom. The van der Waals surface area contributed by atoms with Crippen LogP contribution in [0, 0.1) is 11.7 Å². The highest BCUT2D eigenvalue weighted by molar-refractivity contribution is 5.91. The Balaban J connectivity index is 1.35. The van der Waals surface area contributed by atoms with Crippen LogP contribution < -0.4 is 15.8 Å². The summed E-state index contributed by atoms with van der Waals surface area (Å²) >= 11 is 0. The van der Waals surface area contributed by atoms with Gasteiger partial charge in [0.25, 0.3) is 0 Å². The molecule has 0 spiro atoms. The molecular formula is C20H23FN6O. The number of hydrogen-bond donors (Lipinski definition) is 2. The lowest BCUT2D eigenvalue weighted by atomic mass is 9.93. The fraction of sp³-hybridized carbons (Fsp3) is 0.450. The highest BCUT2D eigenvalue weighted by Gasteiger charge is 2.33. The summed E-state index contributed by atoms with van der Waals surface area (Å²) in [6.45, 7) is 0.560. The van der Waals surface area contributed by atoms with E-state index in [1.165, 1.54) is 18.9 Å². The number of halogens is 1. The molecule has 0 radical (unpaired) electrons. The number of nitrogens with one attached hydrogen (secondary N) is 1. The van der Waals surface area contributed by atoms with Crippen molar-refractivity contribution >= 4 is 17.0 Å². The quantitative estimate of drug-likeness (QED) is 0.721. The molecule has 0 aliphatic carbocycles. The monoisotopic (exact) mass is 382 g/mol. The van der Waals surface area contributed by atoms with Gasteiger partial charge < -0.3 is 15.8 Å². The van der Waals surface area contributed by atoms with Crippen LogP contribution in [0.5, 0.6) is 5.75 Å². The average Bonchev–Trinajstić information content (AvgIpc) is 3.19. The predicted molar refractivity (Wildman–Crippen MR) is 104 cm³/mol. The van der Waals surface area contributed by atoms with Crippen LogP contribution in [-0.4, -0.2) is 38.4 Å². The van der Waals surface area contributed by atoms with Gasteiger partial charge in [-0.1, -0.05) is 0 Å². The fourth-order valence-corrected chi connectivity index (χ4v) is 4.55. The summed E-state index contributed by atoms with van der Waals surface area (Å²) in [6, 6.07) is 6.17. The van der Waals surface area contributed by atoms with E-state index in [0.29, 0.717) is 41.5 Å². The first kappa shape index (κ1) is 17.4. The molecule has 4 heterocycles. The lowest BCUT2D eigenvalue weighted by Crippen LogP contribution is -2.39. The lowest BCUT2D eigenvalue weighted by molar-refractivity contribution is 0.185. The SMILES string of the molecule is Cn1nc(-c2ccc(OCC3C[C@H]4CC[C@@H](C3)N4)c(F)c2)c2cnc(N)nc21. The summed E-state index contributed by atoms with van der Waals surface area (Å²) in [5, 5.41) is 8.81. The number of piperidine rings is 1. The average molecular weight is 382 g/mol. The number of aryl methyl sites for hydroxylation is 1. The molecule has 2 saturated heterocycles. The van der Waals surface area contributed by atoms with Crippen molar-refractivity contribution in [2.45, 2.75) is 37.8 Å². The van der Waals surface area contributed by atoms with Crippen LogP contribution >= 0.6 is 0 Å². The smallest absolute Gasteiger partial charge is 0.222 e. The topological polar surface area (TPSA) is 90.9 Å². The number of nitrogens with zero attached hydrogens (tertiary/aromatic N) is 4. The maximum absolute atomic E-state index is 14.7. The van der Waals surface area contributed by atoms with Gasteiger partial charge >= 0.3 is 0 Å². The Kier molecular flexibility index (Phi) is 4.16. The van der Waals surface area contributed by atoms with E-state index in [4.69, 9.17) is 10.5 Å². The Morgan fingerprint density at radius 3 is 2.82 bits per heavy atom. The van der Waals surface area contributed by atoms with Crippen LogP contribution in [0.4, 0.5) is 10.3 Å². The van der Waals surface area contributed by atoms with Gasteiger partial charge in [-0.15, -0.1) is 0 Å². The summed E-state index contributed by atoms with van der Waals surface area (Å²) in [7, 11) is 1.78. The Morgan fingerprint density at radius 2 is 2.07 bits per heavy atom. The molecule has 2 aliphatic heterocycles. The number of anilines is 1. The van der Waals surface area contributed by atoms with Gasteiger partial charge in [0, 0.05) is 30.9 Å². The van der Waals surface area contributed by atoms with E-state index in [-0.39, 0.29) is 17.5 Å². The van der Waals surface area contributed by atoms with Crippen LogP contribution in [0.25, 0.3) is 22.3 Å². The summed E-state index contributed by atoms with van der Waals surface area (Å²) in [5.74, 6) is 0.573. The molecule has 3 aromatic rings. The molecule has 1 unspecified atom stereocenters. The molecule has 0 saturated carbocycles. The van der Waals surface area contributed by atoms with Crippen LogP contribution in [0.15, 0.2) is 24.4 Å². The second kappa shape index (κ2) is 6.70. The second-order valence-electron chi connectivity index (χ2n) is 7.87. The van der Waals surface area contributed by atoms with Gasteiger partial charge in [0.05, 0.1) is 12.0 Å². The van der Waals surface area contributed by atoms with Crippen molar-refractivity contribution < 1.29 is 9.13 Å². The van der Waals surface area contributed by atoms with Gasteiger partial charge in [0.1, 0.15) is 5.69 Å². The Hall–Kier alpha value is -2.74. The summed E-state index contributed by atoms with van der Waals surface area (Å²) < 4.78 is 22.2. The number of fused-ring (bicyclic) bond motifs is 3. The highest BCUT2D eigenvalue weighted by atomic mass is 19.1. The molecule has 7 nitrogen and oxygen atoms in total. The van der Waals surface area contributed by atoms with E-state index in [2.05, 4.69) is 20.4 Å². The molecule has 3 N–H and O–H groups in total. The maximum atomic E-state index is 14.7. The number of nitrogens with two attached hydrogens (primary N) is 1. The molecule has 0 amide bonds. The van der Waals surface area contributed by atoms with Crippen molar-refractivity contribution in [1.82, 2.24) is 25.1 Å². The highest BCUT2D eigenvalue weighted by Crippen LogP contribution is 2.33. The summed E-state index contributed by atoms with van der Waals surface area (Å²) in [6.07, 6.45) is 6.33. The lowest BCUT2D eigenvalue weighted by Gasteiger charge is -2.28. The molecule has 28 heavy (non-hydrogen) atoms. The third-order valence-corrected chi connectivity index (χ3v) is 5.85. The van der Waals surface area contributed by atoms with Crippen LogP contribution in [0.3, 0.4) is 0 Å². The molecule has 1 aromatic carbocycles. The minimum absolute atomic E-state index is 0.184. The number of aromatic nitrogens is 4. The molecule has 3 atom stereocenters. The zero-order valence-corrected chi connectivity index (χ0v) is 15.7. The van der Waals surface area contributed by atoms with Crippen molar-refractivity contribution in [2.24, 2.45) is 13.0 Å². The largest absolute Gasteiger partial charge is 0.490 e. The number of ether oxygens (including phenoxy) is 1. The fourth-order valence-electron chi connectivity index (χ4n) is 4.55. The third-order valence-electron chi connectivity index (χ3n) is 5.85. The Labute approximate surface area is 162 Å². The third kappa shape index (κ3) is 3.07. The molecule has 146 valence electrons. The second-order valence-corrected chi connectivity index (χ2v) is 7.87. The van der Waals surface area contributed by atoms with E-state index >= 15 is 0 Å². The van der Waals surface area contributed by atoms with Crippen LogP contribution in [0.1, 0.15) is 25.7 Å². The van der Waals surface area contributed by atoms with Crippen LogP contribution in [-0.2, 0) is 7.05 Å². The van der Waals surface area contributed by atoms with E-state index in [0.717, 1.165) is 18.2 Å². The summed E-state index contributed by atoms with van der Waals surface area (Å²) in [5.41, 5.74) is 7.55. The first-order chi connectivity index (χ1) is 13.6. The first-order valence-electron chi connectivity index (χ1n) is 9.71. The zero-order chi connectivity index (χ0) is 19.3. The first-order valence-corrected chi connectivity index (χ1v) is 9.71. The van der Waals surface area contributed by atoms with Crippen molar-refractivity contribution in [3.05, 3.63) is 30.2 Å². The number of hydrogen-bond acceptors (Lipinski definition) is 6. The molecule has 2 fully saturated rings.